The van der Waals surface area contributed by atoms with E-state index in [4.69, 9.17) is 11.6 Å². The number of nitrogens with one attached hydrogen (secondary N) is 1. The average molecular weight is 437 g/mol. The van der Waals surface area contributed by atoms with E-state index in [9.17, 15) is 17.6 Å². The van der Waals surface area contributed by atoms with Crippen LogP contribution in [0.3, 0.4) is 0 Å². The molecule has 2 atom stereocenters. The number of benzene rings is 1. The topological polar surface area (TPSA) is 24.4 Å². The number of halogens is 5. The molecule has 0 saturated heterocycles. The molecule has 1 aromatic carbocycles. The molecular formula is C18H18ClF4N2PS. The third-order valence-electron chi connectivity index (χ3n) is 3.54. The van der Waals surface area contributed by atoms with Gasteiger partial charge >= 0.3 is 6.18 Å². The van der Waals surface area contributed by atoms with Crippen molar-refractivity contribution in [1.82, 2.24) is 5.09 Å². The van der Waals surface area contributed by atoms with Crippen LogP contribution in [0.2, 0.25) is 5.02 Å². The first-order chi connectivity index (χ1) is 12.8. The molecule has 2 nitrogen and oxygen atoms in total. The summed E-state index contributed by atoms with van der Waals surface area (Å²) < 4.78 is 50.5. The lowest BCUT2D eigenvalue weighted by molar-refractivity contribution is -0.0911. The molecule has 27 heavy (non-hydrogen) atoms. The van der Waals surface area contributed by atoms with Crippen molar-refractivity contribution in [2.45, 2.75) is 25.6 Å². The number of alkyl halides is 3. The Labute approximate surface area is 165 Å². The third-order valence-corrected chi connectivity index (χ3v) is 6.65. The first kappa shape index (κ1) is 22.1. The van der Waals surface area contributed by atoms with Gasteiger partial charge in [0.05, 0.1) is 17.4 Å². The molecule has 146 valence electrons. The van der Waals surface area contributed by atoms with Crippen LogP contribution in [0.1, 0.15) is 18.9 Å². The van der Waals surface area contributed by atoms with Gasteiger partial charge in [0.25, 0.3) is 0 Å². The van der Waals surface area contributed by atoms with Crippen molar-refractivity contribution in [3.8, 4) is 5.63 Å². The van der Waals surface area contributed by atoms with E-state index in [1.54, 1.807) is 23.9 Å². The van der Waals surface area contributed by atoms with Crippen molar-refractivity contribution in [3.63, 3.8) is 0 Å². The Balaban J connectivity index is 2.06. The summed E-state index contributed by atoms with van der Waals surface area (Å²) in [6.45, 7) is 1.44. The Bertz CT molecular complexity index is 820. The Morgan fingerprint density at radius 3 is 2.74 bits per heavy atom. The first-order valence-corrected chi connectivity index (χ1v) is 10.8. The number of allylic oxidation sites excluding steroid dienone is 2. The van der Waals surface area contributed by atoms with E-state index in [1.807, 2.05) is 12.1 Å². The quantitative estimate of drug-likeness (QED) is 0.431. The highest BCUT2D eigenvalue weighted by Crippen LogP contribution is 2.31. The van der Waals surface area contributed by atoms with Gasteiger partial charge in [-0.15, -0.1) is 17.4 Å². The standard InChI is InChI=1S/C18H18ClF4N2PS/c1-13(18(21,22)23)11-26(9-3-2-8-20)24-10-16-12-27-17(25-16)14-4-6-15(19)7-5-14/h2,4-8,11,16,24H,3,10,12H2,1H3/b8-2+,13-11+. The number of aliphatic imine (C=N–C) groups is 1. The minimum atomic E-state index is -4.39. The second-order valence-electron chi connectivity index (χ2n) is 5.67. The smallest absolute Gasteiger partial charge is 0.272 e. The van der Waals surface area contributed by atoms with E-state index >= 15 is 0 Å². The van der Waals surface area contributed by atoms with Gasteiger partial charge in [-0.25, -0.2) is 4.39 Å². The molecule has 9 heteroatoms. The lowest BCUT2D eigenvalue weighted by atomic mass is 10.2. The van der Waals surface area contributed by atoms with Crippen LogP contribution in [0.5, 0.6) is 0 Å². The van der Waals surface area contributed by atoms with Crippen LogP contribution in [-0.4, -0.2) is 29.6 Å². The lowest BCUT2D eigenvalue weighted by Gasteiger charge is -2.10. The zero-order valence-electron chi connectivity index (χ0n) is 14.4. The molecule has 0 fully saturated rings. The molecule has 0 saturated carbocycles. The zero-order valence-corrected chi connectivity index (χ0v) is 16.9. The second-order valence-corrected chi connectivity index (χ2v) is 8.75. The zero-order chi connectivity index (χ0) is 19.9. The summed E-state index contributed by atoms with van der Waals surface area (Å²) in [5.41, 5.74) is 3.15. The summed E-state index contributed by atoms with van der Waals surface area (Å²) in [7, 11) is -1.46. The molecule has 0 amide bonds. The molecule has 2 unspecified atom stereocenters. The summed E-state index contributed by atoms with van der Waals surface area (Å²) in [4.78, 5) is 4.62. The first-order valence-electron chi connectivity index (χ1n) is 8.03. The van der Waals surface area contributed by atoms with Gasteiger partial charge in [-0.2, -0.15) is 13.2 Å². The van der Waals surface area contributed by atoms with Crippen LogP contribution in [0.15, 0.2) is 53.1 Å². The Hall–Kier alpha value is -1.23. The molecule has 2 rings (SSSR count). The van der Waals surface area contributed by atoms with Gasteiger partial charge in [0.15, 0.2) is 0 Å². The molecule has 1 aliphatic rings. The van der Waals surface area contributed by atoms with Crippen LogP contribution in [0, 0.1) is 5.63 Å². The van der Waals surface area contributed by atoms with Crippen LogP contribution >= 0.6 is 30.9 Å². The number of hydrogen-bond donors (Lipinski definition) is 1. The fourth-order valence-corrected chi connectivity index (χ4v) is 4.82. The average Bonchev–Trinajstić information content (AvgIpc) is 3.08. The van der Waals surface area contributed by atoms with Crippen LogP contribution in [-0.2, 0) is 0 Å². The van der Waals surface area contributed by atoms with Crippen molar-refractivity contribution in [2.75, 3.05) is 12.3 Å². The van der Waals surface area contributed by atoms with E-state index in [2.05, 4.69) is 15.7 Å². The summed E-state index contributed by atoms with van der Waals surface area (Å²) in [5.74, 6) is 1.85. The van der Waals surface area contributed by atoms with Crippen molar-refractivity contribution in [1.29, 1.82) is 0 Å². The summed E-state index contributed by atoms with van der Waals surface area (Å²) in [6, 6.07) is 7.30. The Morgan fingerprint density at radius 2 is 2.11 bits per heavy atom. The fraction of sp³-hybridized carbons (Fsp3) is 0.333. The van der Waals surface area contributed by atoms with Crippen LogP contribution in [0.4, 0.5) is 17.6 Å². The third kappa shape index (κ3) is 7.36. The van der Waals surface area contributed by atoms with E-state index in [0.29, 0.717) is 17.9 Å². The van der Waals surface area contributed by atoms with E-state index in [0.717, 1.165) is 29.1 Å². The van der Waals surface area contributed by atoms with Gasteiger partial charge in [-0.1, -0.05) is 23.7 Å². The monoisotopic (exact) mass is 436 g/mol. The molecular weight excluding hydrogens is 419 g/mol. The minimum absolute atomic E-state index is 0.0520. The number of hydrogen-bond acceptors (Lipinski definition) is 3. The van der Waals surface area contributed by atoms with Gasteiger partial charge in [-0.05, 0) is 38.5 Å². The van der Waals surface area contributed by atoms with Gasteiger partial charge in [0.1, 0.15) is 0 Å². The van der Waals surface area contributed by atoms with Gasteiger partial charge < -0.3 is 0 Å². The lowest BCUT2D eigenvalue weighted by Crippen LogP contribution is -2.20. The van der Waals surface area contributed by atoms with E-state index < -0.39 is 19.3 Å². The maximum atomic E-state index is 12.8. The van der Waals surface area contributed by atoms with Crippen LogP contribution < -0.4 is 5.09 Å². The molecule has 1 aromatic rings. The van der Waals surface area contributed by atoms with Crippen molar-refractivity contribution < 1.29 is 17.6 Å². The van der Waals surface area contributed by atoms with Crippen molar-refractivity contribution in [3.05, 3.63) is 58.6 Å². The SMILES string of the molecule is C/C(=C\P(#CC/C=C/F)NCC1CSC(c2ccc(Cl)cc2)=N1)C(F)(F)F. The molecule has 0 radical (unpaired) electrons. The van der Waals surface area contributed by atoms with Crippen molar-refractivity contribution >= 4 is 35.9 Å². The number of nitrogens with zero attached hydrogens (tertiary/aromatic N) is 1. The largest absolute Gasteiger partial charge is 0.412 e. The minimum Gasteiger partial charge on any atom is -0.272 e. The Morgan fingerprint density at radius 1 is 1.41 bits per heavy atom. The van der Waals surface area contributed by atoms with E-state index in [1.165, 1.54) is 6.08 Å². The maximum Gasteiger partial charge on any atom is 0.412 e. The molecule has 0 spiro atoms. The highest BCUT2D eigenvalue weighted by atomic mass is 35.5. The summed E-state index contributed by atoms with van der Waals surface area (Å²) >= 11 is 7.48. The Kier molecular flexibility index (Phi) is 8.46. The van der Waals surface area contributed by atoms with Crippen molar-refractivity contribution in [2.24, 2.45) is 4.99 Å². The predicted molar refractivity (Wildman–Crippen MR) is 108 cm³/mol. The maximum absolute atomic E-state index is 12.8. The van der Waals surface area contributed by atoms with Crippen LogP contribution in [0.25, 0.3) is 0 Å². The molecule has 0 bridgehead atoms. The van der Waals surface area contributed by atoms with Gasteiger partial charge in [-0.3, -0.25) is 10.1 Å². The molecule has 0 aromatic heterocycles. The summed E-state index contributed by atoms with van der Waals surface area (Å²) in [6.07, 6.45) is -2.69. The summed E-state index contributed by atoms with van der Waals surface area (Å²) in [5, 5.41) is 4.62. The van der Waals surface area contributed by atoms with Gasteiger partial charge in [0.2, 0.25) is 0 Å². The molecule has 0 aliphatic carbocycles. The molecule has 1 aliphatic heterocycles. The highest BCUT2D eigenvalue weighted by molar-refractivity contribution is 8.14. The predicted octanol–water partition coefficient (Wildman–Crippen LogP) is 6.49. The highest BCUT2D eigenvalue weighted by Gasteiger charge is 2.30. The number of rotatable bonds is 4. The molecule has 1 heterocycles. The molecule has 1 N–H and O–H groups in total. The number of thioether (sulfide) groups is 1. The normalized spacial score (nSPS) is 18.6. The van der Waals surface area contributed by atoms with Gasteiger partial charge in [0, 0.05) is 34.9 Å². The second kappa shape index (κ2) is 10.4. The fourth-order valence-electron chi connectivity index (χ4n) is 2.08. The van der Waals surface area contributed by atoms with E-state index in [-0.39, 0.29) is 12.5 Å².